The van der Waals surface area contributed by atoms with Crippen molar-refractivity contribution in [2.75, 3.05) is 30.2 Å². The van der Waals surface area contributed by atoms with E-state index in [1.807, 2.05) is 13.8 Å². The normalized spacial score (nSPS) is 17.8. The van der Waals surface area contributed by atoms with Crippen LogP contribution in [0.3, 0.4) is 0 Å². The van der Waals surface area contributed by atoms with E-state index in [9.17, 15) is 14.9 Å². The van der Waals surface area contributed by atoms with Gasteiger partial charge in [-0.05, 0) is 42.2 Å². The third-order valence-electron chi connectivity index (χ3n) is 7.17. The second-order valence-corrected chi connectivity index (χ2v) is 13.4. The number of carbonyl (C=O) groups is 2. The minimum absolute atomic E-state index is 0.0719. The number of aromatic nitrogens is 2. The minimum Gasteiger partial charge on any atom is -0.497 e. The van der Waals surface area contributed by atoms with Gasteiger partial charge in [-0.25, -0.2) is 0 Å². The molecular weight excluding hydrogens is 608 g/mol. The molecule has 1 aromatic heterocycles. The third-order valence-corrected chi connectivity index (χ3v) is 9.47. The number of carbonyl (C=O) groups excluding carboxylic acids is 2. The highest BCUT2D eigenvalue weighted by Crippen LogP contribution is 2.52. The summed E-state index contributed by atoms with van der Waals surface area (Å²) in [6.07, 6.45) is 0.835. The second kappa shape index (κ2) is 12.3. The molecule has 0 bridgehead atoms. The van der Waals surface area contributed by atoms with Crippen LogP contribution in [0, 0.1) is 16.7 Å². The summed E-state index contributed by atoms with van der Waals surface area (Å²) in [4.78, 5) is 28.0. The first-order valence-corrected chi connectivity index (χ1v) is 15.4. The van der Waals surface area contributed by atoms with Gasteiger partial charge in [-0.15, -0.1) is 10.2 Å². The van der Waals surface area contributed by atoms with E-state index in [0.29, 0.717) is 61.4 Å². The molecule has 13 heteroatoms. The molecule has 3 N–H and O–H groups in total. The number of rotatable bonds is 8. The summed E-state index contributed by atoms with van der Waals surface area (Å²) >= 11 is 8.38. The number of hydrogen-bond donors (Lipinski definition) is 2. The van der Waals surface area contributed by atoms with Crippen LogP contribution in [-0.2, 0) is 9.59 Å². The Morgan fingerprint density at radius 1 is 1.21 bits per heavy atom. The van der Waals surface area contributed by atoms with Crippen LogP contribution in [0.4, 0.5) is 10.8 Å². The van der Waals surface area contributed by atoms with E-state index in [-0.39, 0.29) is 34.3 Å². The molecular formula is C30H29ClN6O4S2. The number of nitrogens with zero attached hydrogens (tertiary/aromatic N) is 4. The molecule has 222 valence electrons. The van der Waals surface area contributed by atoms with Gasteiger partial charge in [0.05, 0.1) is 37.5 Å². The Balaban J connectivity index is 1.50. The van der Waals surface area contributed by atoms with Gasteiger partial charge in [-0.1, -0.05) is 54.6 Å². The Morgan fingerprint density at radius 2 is 1.95 bits per heavy atom. The standard InChI is InChI=1S/C30H29ClN6O4S2/c1-30(2)12-21-26(22(38)13-30)25(19-10-9-18(40-3)11-23(19)41-4)20(14-32)27(33)37(21)28-35-36-29(43-28)42-15-24(39)34-17-7-5-16(31)6-8-17/h5-11,25H,12-13,15,33H2,1-4H3,(H,34,39). The lowest BCUT2D eigenvalue weighted by Gasteiger charge is -2.42. The maximum Gasteiger partial charge on any atom is 0.234 e. The zero-order valence-electron chi connectivity index (χ0n) is 23.9. The van der Waals surface area contributed by atoms with Crippen LogP contribution >= 0.6 is 34.7 Å². The molecule has 3 aromatic rings. The molecule has 0 spiro atoms. The van der Waals surface area contributed by atoms with Crippen LogP contribution in [0.15, 0.2) is 69.5 Å². The van der Waals surface area contributed by atoms with Gasteiger partial charge in [-0.2, -0.15) is 5.26 Å². The van der Waals surface area contributed by atoms with Crippen LogP contribution in [0.25, 0.3) is 0 Å². The fourth-order valence-electron chi connectivity index (χ4n) is 5.30. The van der Waals surface area contributed by atoms with E-state index < -0.39 is 5.92 Å². The number of halogens is 1. The van der Waals surface area contributed by atoms with Crippen molar-refractivity contribution in [2.45, 2.75) is 36.9 Å². The van der Waals surface area contributed by atoms with Crippen LogP contribution in [0.2, 0.25) is 5.02 Å². The number of allylic oxidation sites excluding steroid dienone is 3. The minimum atomic E-state index is -0.723. The number of hydrogen-bond acceptors (Lipinski definition) is 11. The summed E-state index contributed by atoms with van der Waals surface area (Å²) < 4.78 is 11.6. The monoisotopic (exact) mass is 636 g/mol. The lowest BCUT2D eigenvalue weighted by Crippen LogP contribution is -2.42. The van der Waals surface area contributed by atoms with E-state index in [0.717, 1.165) is 0 Å². The average Bonchev–Trinajstić information content (AvgIpc) is 3.44. The molecule has 43 heavy (non-hydrogen) atoms. The number of methoxy groups -OCH3 is 2. The molecule has 0 saturated carbocycles. The van der Waals surface area contributed by atoms with Crippen molar-refractivity contribution >= 4 is 57.2 Å². The summed E-state index contributed by atoms with van der Waals surface area (Å²) in [5.74, 6) is 0.326. The topological polar surface area (TPSA) is 143 Å². The average molecular weight is 637 g/mol. The summed E-state index contributed by atoms with van der Waals surface area (Å²) in [6.45, 7) is 4.05. The van der Waals surface area contributed by atoms with Gasteiger partial charge in [-0.3, -0.25) is 14.5 Å². The molecule has 1 aliphatic heterocycles. The predicted octanol–water partition coefficient (Wildman–Crippen LogP) is 5.88. The molecule has 1 amide bonds. The quantitative estimate of drug-likeness (QED) is 0.288. The Bertz CT molecular complexity index is 1690. The smallest absolute Gasteiger partial charge is 0.234 e. The Hall–Kier alpha value is -4.05. The number of benzene rings is 2. The number of nitrogens with one attached hydrogen (secondary N) is 1. The number of anilines is 2. The van der Waals surface area contributed by atoms with E-state index in [1.165, 1.54) is 30.2 Å². The largest absolute Gasteiger partial charge is 0.497 e. The lowest BCUT2D eigenvalue weighted by atomic mass is 9.68. The highest BCUT2D eigenvalue weighted by Gasteiger charge is 2.46. The second-order valence-electron chi connectivity index (χ2n) is 10.8. The lowest BCUT2D eigenvalue weighted by molar-refractivity contribution is -0.118. The Labute approximate surface area is 262 Å². The van der Waals surface area contributed by atoms with Crippen molar-refractivity contribution in [3.8, 4) is 17.6 Å². The molecule has 10 nitrogen and oxygen atoms in total. The molecule has 5 rings (SSSR count). The Morgan fingerprint density at radius 3 is 2.63 bits per heavy atom. The van der Waals surface area contributed by atoms with Crippen molar-refractivity contribution < 1.29 is 19.1 Å². The number of amides is 1. The van der Waals surface area contributed by atoms with Crippen molar-refractivity contribution in [3.63, 3.8) is 0 Å². The van der Waals surface area contributed by atoms with Gasteiger partial charge in [0, 0.05) is 40.0 Å². The summed E-state index contributed by atoms with van der Waals surface area (Å²) in [7, 11) is 3.09. The first-order chi connectivity index (χ1) is 20.5. The first-order valence-electron chi connectivity index (χ1n) is 13.2. The number of ether oxygens (including phenoxy) is 2. The number of Topliss-reactive ketones (excluding diaryl/α,β-unsaturated/α-hetero) is 1. The molecule has 2 heterocycles. The fraction of sp³-hybridized carbons (Fsp3) is 0.300. The number of nitriles is 1. The van der Waals surface area contributed by atoms with Gasteiger partial charge in [0.1, 0.15) is 17.3 Å². The van der Waals surface area contributed by atoms with Crippen molar-refractivity contribution in [1.82, 2.24) is 10.2 Å². The van der Waals surface area contributed by atoms with Crippen molar-refractivity contribution in [2.24, 2.45) is 11.1 Å². The molecule has 0 fully saturated rings. The molecule has 2 aliphatic rings. The van der Waals surface area contributed by atoms with Gasteiger partial charge in [0.2, 0.25) is 11.0 Å². The zero-order chi connectivity index (χ0) is 30.9. The zero-order valence-corrected chi connectivity index (χ0v) is 26.3. The highest BCUT2D eigenvalue weighted by atomic mass is 35.5. The van der Waals surface area contributed by atoms with Crippen LogP contribution < -0.4 is 25.4 Å². The number of ketones is 1. The third kappa shape index (κ3) is 6.20. The van der Waals surface area contributed by atoms with Crippen molar-refractivity contribution in [3.05, 3.63) is 75.7 Å². The predicted molar refractivity (Wildman–Crippen MR) is 167 cm³/mol. The fourth-order valence-corrected chi connectivity index (χ4v) is 7.11. The molecule has 1 unspecified atom stereocenters. The molecule has 1 atom stereocenters. The van der Waals surface area contributed by atoms with Gasteiger partial charge in [0.15, 0.2) is 10.1 Å². The van der Waals surface area contributed by atoms with Crippen LogP contribution in [-0.4, -0.2) is 41.9 Å². The van der Waals surface area contributed by atoms with E-state index in [2.05, 4.69) is 21.6 Å². The molecule has 1 aliphatic carbocycles. The maximum absolute atomic E-state index is 13.8. The highest BCUT2D eigenvalue weighted by molar-refractivity contribution is 8.01. The van der Waals surface area contributed by atoms with Gasteiger partial charge < -0.3 is 20.5 Å². The SMILES string of the molecule is COc1ccc(C2C(C#N)=C(N)N(c3nnc(SCC(=O)Nc4ccc(Cl)cc4)s3)C3=C2C(=O)CC(C)(C)C3)c(OC)c1. The summed E-state index contributed by atoms with van der Waals surface area (Å²) in [5.41, 5.74) is 9.04. The number of nitrogens with two attached hydrogens (primary N) is 1. The van der Waals surface area contributed by atoms with Gasteiger partial charge >= 0.3 is 0 Å². The molecule has 0 radical (unpaired) electrons. The van der Waals surface area contributed by atoms with Crippen LogP contribution in [0.1, 0.15) is 38.2 Å². The molecule has 0 saturated heterocycles. The maximum atomic E-state index is 13.8. The van der Waals surface area contributed by atoms with E-state index in [4.69, 9.17) is 26.8 Å². The molecule has 2 aromatic carbocycles. The summed E-state index contributed by atoms with van der Waals surface area (Å²) in [6, 6.07) is 14.4. The van der Waals surface area contributed by atoms with E-state index in [1.54, 1.807) is 54.5 Å². The van der Waals surface area contributed by atoms with Gasteiger partial charge in [0.25, 0.3) is 0 Å². The summed E-state index contributed by atoms with van der Waals surface area (Å²) in [5, 5.41) is 22.8. The van der Waals surface area contributed by atoms with Crippen LogP contribution in [0.5, 0.6) is 11.5 Å². The van der Waals surface area contributed by atoms with Crippen molar-refractivity contribution in [1.29, 1.82) is 5.26 Å². The first kappa shape index (κ1) is 30.4. The number of thioether (sulfide) groups is 1. The Kier molecular flexibility index (Phi) is 8.69. The van der Waals surface area contributed by atoms with E-state index >= 15 is 0 Å².